The molecular formula is C13H14N4O4S. The average Bonchev–Trinajstić information content (AvgIpc) is 3.02. The van der Waals surface area contributed by atoms with Gasteiger partial charge in [0.1, 0.15) is 5.00 Å². The summed E-state index contributed by atoms with van der Waals surface area (Å²) in [5, 5.41) is 6.74. The molecule has 22 heavy (non-hydrogen) atoms. The van der Waals surface area contributed by atoms with Crippen LogP contribution >= 0.6 is 11.3 Å². The van der Waals surface area contributed by atoms with Gasteiger partial charge in [0, 0.05) is 13.2 Å². The van der Waals surface area contributed by atoms with E-state index in [-0.39, 0.29) is 21.1 Å². The molecule has 116 valence electrons. The Balaban J connectivity index is 2.41. The average molecular weight is 322 g/mol. The summed E-state index contributed by atoms with van der Waals surface area (Å²) in [7, 11) is 2.89. The van der Waals surface area contributed by atoms with Crippen molar-refractivity contribution in [2.45, 2.75) is 6.92 Å². The number of rotatable bonds is 4. The van der Waals surface area contributed by atoms with Gasteiger partial charge in [-0.2, -0.15) is 5.10 Å². The van der Waals surface area contributed by atoms with Gasteiger partial charge >= 0.3 is 5.97 Å². The molecule has 2 aromatic rings. The third kappa shape index (κ3) is 2.84. The molecule has 2 heterocycles. The fraction of sp³-hybridized carbons (Fsp3) is 0.231. The largest absolute Gasteiger partial charge is 0.465 e. The molecule has 0 aliphatic rings. The number of aromatic nitrogens is 2. The van der Waals surface area contributed by atoms with Crippen LogP contribution in [-0.4, -0.2) is 34.7 Å². The fourth-order valence-electron chi connectivity index (χ4n) is 1.89. The monoisotopic (exact) mass is 322 g/mol. The predicted molar refractivity (Wildman–Crippen MR) is 80.1 cm³/mol. The van der Waals surface area contributed by atoms with Crippen molar-refractivity contribution >= 4 is 34.1 Å². The van der Waals surface area contributed by atoms with Crippen molar-refractivity contribution in [1.82, 2.24) is 9.78 Å². The van der Waals surface area contributed by atoms with Gasteiger partial charge in [0.25, 0.3) is 11.8 Å². The summed E-state index contributed by atoms with van der Waals surface area (Å²) in [5.41, 5.74) is 5.95. The Hall–Kier alpha value is -2.68. The second-order valence-corrected chi connectivity index (χ2v) is 5.47. The van der Waals surface area contributed by atoms with Crippen LogP contribution in [0.1, 0.15) is 36.1 Å². The van der Waals surface area contributed by atoms with Gasteiger partial charge in [0.2, 0.25) is 0 Å². The zero-order valence-electron chi connectivity index (χ0n) is 12.2. The van der Waals surface area contributed by atoms with Crippen LogP contribution in [0.2, 0.25) is 0 Å². The van der Waals surface area contributed by atoms with Gasteiger partial charge in [-0.1, -0.05) is 0 Å². The summed E-state index contributed by atoms with van der Waals surface area (Å²) in [6.07, 6.45) is 1.62. The Bertz CT molecular complexity index is 762. The number of primary amides is 1. The Labute approximate surface area is 129 Å². The Morgan fingerprint density at radius 1 is 1.41 bits per heavy atom. The van der Waals surface area contributed by atoms with Crippen molar-refractivity contribution in [1.29, 1.82) is 0 Å². The highest BCUT2D eigenvalue weighted by molar-refractivity contribution is 7.18. The van der Waals surface area contributed by atoms with E-state index in [1.807, 2.05) is 0 Å². The molecule has 9 heteroatoms. The zero-order chi connectivity index (χ0) is 16.4. The van der Waals surface area contributed by atoms with E-state index in [2.05, 4.69) is 15.2 Å². The van der Waals surface area contributed by atoms with Crippen LogP contribution in [0.15, 0.2) is 12.3 Å². The highest BCUT2D eigenvalue weighted by atomic mass is 32.1. The molecule has 0 spiro atoms. The molecule has 3 N–H and O–H groups in total. The third-order valence-corrected chi connectivity index (χ3v) is 4.16. The van der Waals surface area contributed by atoms with Gasteiger partial charge in [-0.05, 0) is 18.6 Å². The number of hydrogen-bond acceptors (Lipinski definition) is 6. The van der Waals surface area contributed by atoms with Crippen LogP contribution < -0.4 is 11.1 Å². The number of nitrogens with one attached hydrogen (secondary N) is 1. The number of amides is 2. The van der Waals surface area contributed by atoms with Crippen LogP contribution in [0.3, 0.4) is 0 Å². The highest BCUT2D eigenvalue weighted by Gasteiger charge is 2.25. The number of thiophene rings is 1. The number of methoxy groups -OCH3 is 1. The molecule has 0 radical (unpaired) electrons. The molecule has 0 unspecified atom stereocenters. The molecule has 0 saturated heterocycles. The van der Waals surface area contributed by atoms with Crippen LogP contribution in [-0.2, 0) is 11.8 Å². The Kier molecular flexibility index (Phi) is 4.27. The molecule has 2 amide bonds. The summed E-state index contributed by atoms with van der Waals surface area (Å²) >= 11 is 0.926. The quantitative estimate of drug-likeness (QED) is 0.812. The van der Waals surface area contributed by atoms with Gasteiger partial charge in [-0.15, -0.1) is 11.3 Å². The lowest BCUT2D eigenvalue weighted by Crippen LogP contribution is -2.15. The van der Waals surface area contributed by atoms with Crippen LogP contribution in [0.5, 0.6) is 0 Å². The molecule has 8 nitrogen and oxygen atoms in total. The van der Waals surface area contributed by atoms with E-state index in [0.29, 0.717) is 5.56 Å². The van der Waals surface area contributed by atoms with Gasteiger partial charge in [0.15, 0.2) is 5.69 Å². The van der Waals surface area contributed by atoms with Crippen LogP contribution in [0.25, 0.3) is 0 Å². The second kappa shape index (κ2) is 5.98. The van der Waals surface area contributed by atoms with Crippen LogP contribution in [0.4, 0.5) is 5.00 Å². The topological polar surface area (TPSA) is 116 Å². The summed E-state index contributed by atoms with van der Waals surface area (Å²) < 4.78 is 6.16. The molecule has 0 aliphatic heterocycles. The molecule has 0 aromatic carbocycles. The molecule has 0 bridgehead atoms. The van der Waals surface area contributed by atoms with E-state index in [1.54, 1.807) is 20.2 Å². The number of carbonyl (C=O) groups is 3. The maximum Gasteiger partial charge on any atom is 0.341 e. The van der Waals surface area contributed by atoms with Crippen molar-refractivity contribution in [3.63, 3.8) is 0 Å². The Morgan fingerprint density at radius 2 is 2.09 bits per heavy atom. The van der Waals surface area contributed by atoms with Crippen molar-refractivity contribution in [3.8, 4) is 0 Å². The first-order chi connectivity index (χ1) is 10.3. The fourth-order valence-corrected chi connectivity index (χ4v) is 2.93. The lowest BCUT2D eigenvalue weighted by molar-refractivity contribution is 0.0601. The number of nitrogens with two attached hydrogens (primary N) is 1. The number of nitrogens with zero attached hydrogens (tertiary/aromatic N) is 2. The number of hydrogen-bond donors (Lipinski definition) is 2. The molecule has 2 aromatic heterocycles. The van der Waals surface area contributed by atoms with E-state index in [4.69, 9.17) is 5.73 Å². The van der Waals surface area contributed by atoms with Crippen molar-refractivity contribution in [2.75, 3.05) is 12.4 Å². The second-order valence-electron chi connectivity index (χ2n) is 4.44. The van der Waals surface area contributed by atoms with Crippen molar-refractivity contribution in [3.05, 3.63) is 34.0 Å². The van der Waals surface area contributed by atoms with Gasteiger partial charge in [0.05, 0.1) is 17.6 Å². The minimum Gasteiger partial charge on any atom is -0.465 e. The number of aryl methyl sites for hydroxylation is 1. The molecule has 0 fully saturated rings. The maximum absolute atomic E-state index is 12.1. The standard InChI is InChI=1S/C13H14N4O4S/c1-6-8(13(20)21-3)12(22-9(6)10(14)18)15-11(19)7-4-5-17(2)16-7/h4-5H,1-3H3,(H2,14,18)(H,15,19). The molecule has 2 rings (SSSR count). The normalized spacial score (nSPS) is 10.3. The van der Waals surface area contributed by atoms with Gasteiger partial charge in [-0.3, -0.25) is 14.3 Å². The first kappa shape index (κ1) is 15.7. The Morgan fingerprint density at radius 3 is 2.59 bits per heavy atom. The zero-order valence-corrected chi connectivity index (χ0v) is 13.0. The SMILES string of the molecule is COC(=O)c1c(NC(=O)c2ccn(C)n2)sc(C(N)=O)c1C. The van der Waals surface area contributed by atoms with E-state index in [1.165, 1.54) is 17.9 Å². The smallest absolute Gasteiger partial charge is 0.341 e. The highest BCUT2D eigenvalue weighted by Crippen LogP contribution is 2.33. The summed E-state index contributed by atoms with van der Waals surface area (Å²) in [6.45, 7) is 1.57. The first-order valence-electron chi connectivity index (χ1n) is 6.17. The number of carbonyl (C=O) groups excluding carboxylic acids is 3. The lowest BCUT2D eigenvalue weighted by atomic mass is 10.1. The van der Waals surface area contributed by atoms with E-state index in [0.717, 1.165) is 11.3 Å². The lowest BCUT2D eigenvalue weighted by Gasteiger charge is -2.04. The number of esters is 1. The number of anilines is 1. The number of ether oxygens (including phenoxy) is 1. The van der Waals surface area contributed by atoms with Crippen molar-refractivity contribution < 1.29 is 19.1 Å². The molecule has 0 atom stereocenters. The molecule has 0 saturated carbocycles. The van der Waals surface area contributed by atoms with Crippen molar-refractivity contribution in [2.24, 2.45) is 12.8 Å². The van der Waals surface area contributed by atoms with Gasteiger partial charge < -0.3 is 15.8 Å². The van der Waals surface area contributed by atoms with E-state index < -0.39 is 17.8 Å². The molecular weight excluding hydrogens is 308 g/mol. The third-order valence-electron chi connectivity index (χ3n) is 2.93. The summed E-state index contributed by atoms with van der Waals surface area (Å²) in [5.74, 6) is -1.83. The predicted octanol–water partition coefficient (Wildman–Crippen LogP) is 0.928. The van der Waals surface area contributed by atoms with E-state index in [9.17, 15) is 14.4 Å². The summed E-state index contributed by atoms with van der Waals surface area (Å²) in [4.78, 5) is 35.6. The first-order valence-corrected chi connectivity index (χ1v) is 6.99. The molecule has 0 aliphatic carbocycles. The van der Waals surface area contributed by atoms with Gasteiger partial charge in [-0.25, -0.2) is 4.79 Å². The minimum atomic E-state index is -0.675. The summed E-state index contributed by atoms with van der Waals surface area (Å²) in [6, 6.07) is 1.53. The van der Waals surface area contributed by atoms with E-state index >= 15 is 0 Å². The maximum atomic E-state index is 12.1. The van der Waals surface area contributed by atoms with Crippen LogP contribution in [0, 0.1) is 6.92 Å². The minimum absolute atomic E-state index is 0.116.